The van der Waals surface area contributed by atoms with Gasteiger partial charge < -0.3 is 20.7 Å². The summed E-state index contributed by atoms with van der Waals surface area (Å²) in [7, 11) is 0. The van der Waals surface area contributed by atoms with Gasteiger partial charge in [-0.05, 0) is 24.3 Å². The van der Waals surface area contributed by atoms with Crippen LogP contribution in [-0.2, 0) is 14.3 Å². The standard InChI is InChI=1S/C20H21N5O7/c26-18(22-14-1-5-16(6-2-14)24(28)29)13-21-19(27)20(9-11-32-12-10-20)23-15-3-7-17(8-4-15)25(30)31/h1-8,23H,9-13H2,(H,21,27)(H,22,26). The number of hydrogen-bond donors (Lipinski definition) is 3. The number of rotatable bonds is 8. The van der Waals surface area contributed by atoms with Gasteiger partial charge in [0.1, 0.15) is 5.54 Å². The third-order valence-corrected chi connectivity index (χ3v) is 5.01. The molecule has 0 atom stereocenters. The molecule has 0 radical (unpaired) electrons. The molecule has 168 valence electrons. The number of nitro groups is 2. The van der Waals surface area contributed by atoms with E-state index in [0.717, 1.165) is 0 Å². The first kappa shape index (κ1) is 22.6. The van der Waals surface area contributed by atoms with Gasteiger partial charge in [-0.15, -0.1) is 0 Å². The first-order valence-electron chi connectivity index (χ1n) is 9.72. The Balaban J connectivity index is 1.62. The van der Waals surface area contributed by atoms with Crippen LogP contribution < -0.4 is 16.0 Å². The monoisotopic (exact) mass is 443 g/mol. The highest BCUT2D eigenvalue weighted by molar-refractivity contribution is 5.97. The molecule has 1 heterocycles. The van der Waals surface area contributed by atoms with Crippen LogP contribution in [0.15, 0.2) is 48.5 Å². The Morgan fingerprint density at radius 1 is 0.875 bits per heavy atom. The molecular weight excluding hydrogens is 422 g/mol. The Morgan fingerprint density at radius 3 is 1.88 bits per heavy atom. The van der Waals surface area contributed by atoms with E-state index >= 15 is 0 Å². The fraction of sp³-hybridized carbons (Fsp3) is 0.300. The summed E-state index contributed by atoms with van der Waals surface area (Å²) in [6.45, 7) is 0.366. The number of non-ortho nitro benzene ring substituents is 2. The molecule has 0 spiro atoms. The molecule has 12 nitrogen and oxygen atoms in total. The zero-order valence-corrected chi connectivity index (χ0v) is 16.9. The number of hydrogen-bond acceptors (Lipinski definition) is 8. The van der Waals surface area contributed by atoms with Gasteiger partial charge in [0.25, 0.3) is 11.4 Å². The minimum atomic E-state index is -1.04. The summed E-state index contributed by atoms with van der Waals surface area (Å²) in [5.74, 6) is -0.900. The molecule has 0 aliphatic carbocycles. The summed E-state index contributed by atoms with van der Waals surface area (Å²) in [6.07, 6.45) is 0.694. The maximum atomic E-state index is 13.0. The maximum Gasteiger partial charge on any atom is 0.269 e. The van der Waals surface area contributed by atoms with Gasteiger partial charge in [0, 0.05) is 61.7 Å². The lowest BCUT2D eigenvalue weighted by Crippen LogP contribution is -2.56. The van der Waals surface area contributed by atoms with Crippen LogP contribution in [-0.4, -0.2) is 47.0 Å². The van der Waals surface area contributed by atoms with E-state index in [2.05, 4.69) is 16.0 Å². The predicted octanol–water partition coefficient (Wildman–Crippen LogP) is 2.22. The first-order valence-corrected chi connectivity index (χ1v) is 9.72. The van der Waals surface area contributed by atoms with Gasteiger partial charge in [0.05, 0.1) is 16.4 Å². The van der Waals surface area contributed by atoms with E-state index < -0.39 is 27.2 Å². The van der Waals surface area contributed by atoms with Crippen molar-refractivity contribution in [1.82, 2.24) is 5.32 Å². The SMILES string of the molecule is O=C(CNC(=O)C1(Nc2ccc([N+](=O)[O-])cc2)CCOCC1)Nc1ccc([N+](=O)[O-])cc1. The van der Waals surface area contributed by atoms with Crippen LogP contribution in [0.3, 0.4) is 0 Å². The molecule has 2 amide bonds. The summed E-state index contributed by atoms with van der Waals surface area (Å²) in [5.41, 5.74) is -0.316. The Kier molecular flexibility index (Phi) is 6.95. The van der Waals surface area contributed by atoms with Crippen molar-refractivity contribution in [1.29, 1.82) is 0 Å². The molecule has 0 saturated carbocycles. The van der Waals surface area contributed by atoms with E-state index in [1.165, 1.54) is 48.5 Å². The molecule has 2 aromatic carbocycles. The molecule has 1 saturated heterocycles. The van der Waals surface area contributed by atoms with E-state index in [9.17, 15) is 29.8 Å². The molecule has 0 unspecified atom stereocenters. The molecule has 1 aliphatic heterocycles. The fourth-order valence-corrected chi connectivity index (χ4v) is 3.27. The summed E-state index contributed by atoms with van der Waals surface area (Å²) in [5, 5.41) is 29.8. The number of carbonyl (C=O) groups is 2. The third kappa shape index (κ3) is 5.55. The van der Waals surface area contributed by atoms with Crippen molar-refractivity contribution in [3.8, 4) is 0 Å². The van der Waals surface area contributed by atoms with Gasteiger partial charge in [-0.3, -0.25) is 29.8 Å². The van der Waals surface area contributed by atoms with Crippen LogP contribution in [0.25, 0.3) is 0 Å². The molecule has 1 aliphatic rings. The normalized spacial score (nSPS) is 14.8. The average molecular weight is 443 g/mol. The van der Waals surface area contributed by atoms with Gasteiger partial charge in [0.15, 0.2) is 0 Å². The van der Waals surface area contributed by atoms with Gasteiger partial charge in [0.2, 0.25) is 11.8 Å². The van der Waals surface area contributed by atoms with Crippen LogP contribution >= 0.6 is 0 Å². The smallest absolute Gasteiger partial charge is 0.269 e. The molecule has 1 fully saturated rings. The number of benzene rings is 2. The number of ether oxygens (including phenoxy) is 1. The predicted molar refractivity (Wildman–Crippen MR) is 114 cm³/mol. The highest BCUT2D eigenvalue weighted by atomic mass is 16.6. The van der Waals surface area contributed by atoms with Gasteiger partial charge >= 0.3 is 0 Å². The summed E-state index contributed by atoms with van der Waals surface area (Å²) in [6, 6.07) is 11.0. The lowest BCUT2D eigenvalue weighted by Gasteiger charge is -2.37. The Morgan fingerprint density at radius 2 is 1.38 bits per heavy atom. The summed E-state index contributed by atoms with van der Waals surface area (Å²) in [4.78, 5) is 45.7. The van der Waals surface area contributed by atoms with Crippen molar-refractivity contribution in [3.63, 3.8) is 0 Å². The minimum Gasteiger partial charge on any atom is -0.381 e. The van der Waals surface area contributed by atoms with E-state index in [-0.39, 0.29) is 17.9 Å². The third-order valence-electron chi connectivity index (χ3n) is 5.01. The summed E-state index contributed by atoms with van der Waals surface area (Å²) < 4.78 is 5.36. The van der Waals surface area contributed by atoms with Gasteiger partial charge in [-0.1, -0.05) is 0 Å². The first-order chi connectivity index (χ1) is 15.3. The number of nitrogens with one attached hydrogen (secondary N) is 3. The highest BCUT2D eigenvalue weighted by Gasteiger charge is 2.40. The van der Waals surface area contributed by atoms with E-state index in [1.54, 1.807) is 0 Å². The van der Waals surface area contributed by atoms with Crippen molar-refractivity contribution in [3.05, 3.63) is 68.8 Å². The van der Waals surface area contributed by atoms with Crippen LogP contribution in [0.1, 0.15) is 12.8 Å². The van der Waals surface area contributed by atoms with E-state index in [0.29, 0.717) is 37.4 Å². The number of carbonyl (C=O) groups excluding carboxylic acids is 2. The second-order valence-corrected chi connectivity index (χ2v) is 7.16. The van der Waals surface area contributed by atoms with Gasteiger partial charge in [-0.2, -0.15) is 0 Å². The molecule has 3 rings (SSSR count). The van der Waals surface area contributed by atoms with E-state index in [4.69, 9.17) is 4.74 Å². The number of nitrogens with zero attached hydrogens (tertiary/aromatic N) is 2. The fourth-order valence-electron chi connectivity index (χ4n) is 3.27. The molecule has 2 aromatic rings. The molecule has 32 heavy (non-hydrogen) atoms. The molecular formula is C20H21N5O7. The van der Waals surface area contributed by atoms with Crippen molar-refractivity contribution < 1.29 is 24.2 Å². The molecule has 0 aromatic heterocycles. The average Bonchev–Trinajstić information content (AvgIpc) is 2.78. The zero-order valence-electron chi connectivity index (χ0n) is 16.9. The van der Waals surface area contributed by atoms with Crippen molar-refractivity contribution in [2.24, 2.45) is 0 Å². The van der Waals surface area contributed by atoms with Crippen molar-refractivity contribution in [2.45, 2.75) is 18.4 Å². The highest BCUT2D eigenvalue weighted by Crippen LogP contribution is 2.27. The molecule has 12 heteroatoms. The van der Waals surface area contributed by atoms with Crippen LogP contribution in [0.5, 0.6) is 0 Å². The number of anilines is 2. The Bertz CT molecular complexity index is 1000. The quantitative estimate of drug-likeness (QED) is 0.412. The second kappa shape index (κ2) is 9.83. The van der Waals surface area contributed by atoms with Crippen molar-refractivity contribution >= 4 is 34.6 Å². The lowest BCUT2D eigenvalue weighted by molar-refractivity contribution is -0.385. The maximum absolute atomic E-state index is 13.0. The van der Waals surface area contributed by atoms with Crippen LogP contribution in [0.4, 0.5) is 22.7 Å². The lowest BCUT2D eigenvalue weighted by atomic mass is 9.88. The Labute approximate surface area is 182 Å². The zero-order chi connectivity index (χ0) is 23.1. The molecule has 0 bridgehead atoms. The van der Waals surface area contributed by atoms with E-state index in [1.807, 2.05) is 0 Å². The number of amides is 2. The van der Waals surface area contributed by atoms with Gasteiger partial charge in [-0.25, -0.2) is 0 Å². The largest absolute Gasteiger partial charge is 0.381 e. The van der Waals surface area contributed by atoms with Crippen LogP contribution in [0, 0.1) is 20.2 Å². The summed E-state index contributed by atoms with van der Waals surface area (Å²) >= 11 is 0. The Hall–Kier alpha value is -4.06. The molecule has 3 N–H and O–H groups in total. The topological polar surface area (TPSA) is 166 Å². The minimum absolute atomic E-state index is 0.0658. The van der Waals surface area contributed by atoms with Crippen molar-refractivity contribution in [2.75, 3.05) is 30.4 Å². The second-order valence-electron chi connectivity index (χ2n) is 7.16. The van der Waals surface area contributed by atoms with Crippen LogP contribution in [0.2, 0.25) is 0 Å². The number of nitro benzene ring substituents is 2.